The molecular weight excluding hydrogens is 689 g/mol. The molecule has 9 aromatic carbocycles. The van der Waals surface area contributed by atoms with Gasteiger partial charge in [-0.25, -0.2) is 0 Å². The van der Waals surface area contributed by atoms with Crippen molar-refractivity contribution in [2.75, 3.05) is 4.90 Å². The molecular formula is C55H40N2. The van der Waals surface area contributed by atoms with Crippen LogP contribution in [0.4, 0.5) is 17.1 Å². The van der Waals surface area contributed by atoms with Crippen molar-refractivity contribution < 1.29 is 0 Å². The highest BCUT2D eigenvalue weighted by molar-refractivity contribution is 6.10. The van der Waals surface area contributed by atoms with Gasteiger partial charge in [0.1, 0.15) is 0 Å². The third-order valence-corrected chi connectivity index (χ3v) is 11.1. The second-order valence-corrected chi connectivity index (χ2v) is 14.7. The van der Waals surface area contributed by atoms with Crippen LogP contribution in [0.25, 0.3) is 72.0 Å². The summed E-state index contributed by atoms with van der Waals surface area (Å²) in [7, 11) is 0. The van der Waals surface area contributed by atoms with Crippen molar-refractivity contribution in [3.05, 3.63) is 230 Å². The number of anilines is 3. The van der Waals surface area contributed by atoms with E-state index < -0.39 is 0 Å². The number of aryl methyl sites for hydroxylation is 1. The Hall–Kier alpha value is -7.42. The second-order valence-electron chi connectivity index (χ2n) is 14.7. The van der Waals surface area contributed by atoms with Crippen LogP contribution in [0.1, 0.15) is 5.56 Å². The average Bonchev–Trinajstić information content (AvgIpc) is 3.62. The molecule has 0 saturated heterocycles. The van der Waals surface area contributed by atoms with Crippen molar-refractivity contribution in [3.63, 3.8) is 0 Å². The van der Waals surface area contributed by atoms with E-state index in [-0.39, 0.29) is 0 Å². The molecule has 0 spiro atoms. The Morgan fingerprint density at radius 1 is 0.316 bits per heavy atom. The largest absolute Gasteiger partial charge is 0.311 e. The molecule has 0 aliphatic heterocycles. The van der Waals surface area contributed by atoms with Gasteiger partial charge in [-0.05, 0) is 118 Å². The summed E-state index contributed by atoms with van der Waals surface area (Å²) in [5.41, 5.74) is 17.9. The lowest BCUT2D eigenvalue weighted by atomic mass is 9.93. The van der Waals surface area contributed by atoms with Gasteiger partial charge in [-0.2, -0.15) is 0 Å². The summed E-state index contributed by atoms with van der Waals surface area (Å²) >= 11 is 0. The molecule has 2 heteroatoms. The van der Waals surface area contributed by atoms with Crippen LogP contribution in [0, 0.1) is 6.92 Å². The molecule has 0 bridgehead atoms. The Labute approximate surface area is 334 Å². The van der Waals surface area contributed by atoms with Crippen molar-refractivity contribution in [2.45, 2.75) is 6.92 Å². The predicted octanol–water partition coefficient (Wildman–Crippen LogP) is 15.2. The number of para-hydroxylation sites is 2. The molecule has 0 aliphatic rings. The Bertz CT molecular complexity index is 2960. The van der Waals surface area contributed by atoms with Gasteiger partial charge in [-0.1, -0.05) is 163 Å². The fourth-order valence-corrected chi connectivity index (χ4v) is 8.20. The number of hydrogen-bond acceptors (Lipinski definition) is 1. The lowest BCUT2D eigenvalue weighted by Crippen LogP contribution is -2.09. The monoisotopic (exact) mass is 728 g/mol. The first-order valence-corrected chi connectivity index (χ1v) is 19.6. The summed E-state index contributed by atoms with van der Waals surface area (Å²) < 4.78 is 2.38. The van der Waals surface area contributed by atoms with Crippen LogP contribution in [0.2, 0.25) is 0 Å². The third-order valence-electron chi connectivity index (χ3n) is 11.1. The van der Waals surface area contributed by atoms with E-state index in [0.717, 1.165) is 17.1 Å². The molecule has 0 radical (unpaired) electrons. The first-order valence-electron chi connectivity index (χ1n) is 19.6. The van der Waals surface area contributed by atoms with Crippen LogP contribution in [0.5, 0.6) is 0 Å². The predicted molar refractivity (Wildman–Crippen MR) is 242 cm³/mol. The first kappa shape index (κ1) is 34.1. The molecule has 2 nitrogen and oxygen atoms in total. The zero-order chi connectivity index (χ0) is 38.1. The van der Waals surface area contributed by atoms with E-state index in [1.807, 2.05) is 0 Å². The highest BCUT2D eigenvalue weighted by Gasteiger charge is 2.16. The molecule has 270 valence electrons. The highest BCUT2D eigenvalue weighted by atomic mass is 15.1. The number of nitrogens with zero attached hydrogens (tertiary/aromatic N) is 2. The molecule has 1 aromatic heterocycles. The maximum atomic E-state index is 2.38. The van der Waals surface area contributed by atoms with Crippen LogP contribution in [0.15, 0.2) is 224 Å². The fraction of sp³-hybridized carbons (Fsp3) is 0.0182. The summed E-state index contributed by atoms with van der Waals surface area (Å²) in [4.78, 5) is 2.32. The van der Waals surface area contributed by atoms with Gasteiger partial charge in [-0.3, -0.25) is 0 Å². The van der Waals surface area contributed by atoms with E-state index in [0.29, 0.717) is 0 Å². The van der Waals surface area contributed by atoms with E-state index in [4.69, 9.17) is 0 Å². The van der Waals surface area contributed by atoms with Gasteiger partial charge in [0.2, 0.25) is 0 Å². The standard InChI is InChI=1S/C55H40N2/c1-39-20-31-49(32-21-39)57-54-19-11-10-18-52(54)53-38-45(30-37-55(53)57)42-22-24-43(25-23-42)50-16-8-9-17-51(50)44-28-35-48(36-29-44)56(46-14-6-3-7-15-46)47-33-26-41(27-34-47)40-12-4-2-5-13-40/h2-38H,1H3. The molecule has 0 atom stereocenters. The Morgan fingerprint density at radius 3 is 1.40 bits per heavy atom. The van der Waals surface area contributed by atoms with E-state index in [2.05, 4.69) is 241 Å². The normalized spacial score (nSPS) is 11.2. The lowest BCUT2D eigenvalue weighted by molar-refractivity contribution is 1.17. The summed E-state index contributed by atoms with van der Waals surface area (Å²) in [6.45, 7) is 2.14. The summed E-state index contributed by atoms with van der Waals surface area (Å²) in [6.07, 6.45) is 0. The summed E-state index contributed by atoms with van der Waals surface area (Å²) in [6, 6.07) is 81.1. The van der Waals surface area contributed by atoms with Crippen LogP contribution in [0.3, 0.4) is 0 Å². The van der Waals surface area contributed by atoms with Crippen molar-refractivity contribution in [1.29, 1.82) is 0 Å². The molecule has 0 fully saturated rings. The topological polar surface area (TPSA) is 8.17 Å². The smallest absolute Gasteiger partial charge is 0.0541 e. The molecule has 10 rings (SSSR count). The average molecular weight is 729 g/mol. The molecule has 0 saturated carbocycles. The van der Waals surface area contributed by atoms with Gasteiger partial charge in [0.25, 0.3) is 0 Å². The van der Waals surface area contributed by atoms with E-state index in [1.54, 1.807) is 0 Å². The molecule has 1 heterocycles. The van der Waals surface area contributed by atoms with Crippen molar-refractivity contribution in [3.8, 4) is 50.2 Å². The van der Waals surface area contributed by atoms with Crippen LogP contribution in [-0.4, -0.2) is 4.57 Å². The van der Waals surface area contributed by atoms with Crippen molar-refractivity contribution >= 4 is 38.9 Å². The molecule has 57 heavy (non-hydrogen) atoms. The van der Waals surface area contributed by atoms with Gasteiger partial charge in [0.05, 0.1) is 11.0 Å². The molecule has 10 aromatic rings. The zero-order valence-corrected chi connectivity index (χ0v) is 31.8. The van der Waals surface area contributed by atoms with Gasteiger partial charge in [0.15, 0.2) is 0 Å². The quantitative estimate of drug-likeness (QED) is 0.151. The molecule has 0 N–H and O–H groups in total. The summed E-state index contributed by atoms with van der Waals surface area (Å²) in [5, 5.41) is 2.52. The van der Waals surface area contributed by atoms with Gasteiger partial charge >= 0.3 is 0 Å². The lowest BCUT2D eigenvalue weighted by Gasteiger charge is -2.26. The minimum Gasteiger partial charge on any atom is -0.311 e. The van der Waals surface area contributed by atoms with E-state index in [9.17, 15) is 0 Å². The first-order chi connectivity index (χ1) is 28.2. The number of aromatic nitrogens is 1. The Balaban J connectivity index is 0.957. The van der Waals surface area contributed by atoms with Gasteiger partial charge in [0, 0.05) is 33.5 Å². The van der Waals surface area contributed by atoms with E-state index in [1.165, 1.54) is 77.6 Å². The Kier molecular flexibility index (Phi) is 8.78. The second kappa shape index (κ2) is 14.7. The SMILES string of the molecule is Cc1ccc(-n2c3ccccc3c3cc(-c4ccc(-c5ccccc5-c5ccc(N(c6ccccc6)c6ccc(-c7ccccc7)cc6)cc5)cc4)ccc32)cc1. The van der Waals surface area contributed by atoms with Gasteiger partial charge < -0.3 is 9.47 Å². The van der Waals surface area contributed by atoms with E-state index >= 15 is 0 Å². The van der Waals surface area contributed by atoms with Crippen LogP contribution < -0.4 is 4.90 Å². The van der Waals surface area contributed by atoms with Crippen molar-refractivity contribution in [2.24, 2.45) is 0 Å². The minimum absolute atomic E-state index is 1.11. The summed E-state index contributed by atoms with van der Waals surface area (Å²) in [5.74, 6) is 0. The number of fused-ring (bicyclic) bond motifs is 3. The zero-order valence-electron chi connectivity index (χ0n) is 31.8. The number of hydrogen-bond donors (Lipinski definition) is 0. The minimum atomic E-state index is 1.11. The Morgan fingerprint density at radius 2 is 0.754 bits per heavy atom. The maximum absolute atomic E-state index is 2.38. The highest BCUT2D eigenvalue weighted by Crippen LogP contribution is 2.40. The third kappa shape index (κ3) is 6.48. The van der Waals surface area contributed by atoms with Crippen LogP contribution in [-0.2, 0) is 0 Å². The molecule has 0 amide bonds. The van der Waals surface area contributed by atoms with Gasteiger partial charge in [-0.15, -0.1) is 0 Å². The molecule has 0 unspecified atom stereocenters. The fourth-order valence-electron chi connectivity index (χ4n) is 8.20. The van der Waals surface area contributed by atoms with Crippen molar-refractivity contribution in [1.82, 2.24) is 4.57 Å². The van der Waals surface area contributed by atoms with Crippen LogP contribution >= 0.6 is 0 Å². The number of benzene rings is 9. The molecule has 0 aliphatic carbocycles. The maximum Gasteiger partial charge on any atom is 0.0541 e. The number of rotatable bonds is 8.